The van der Waals surface area contributed by atoms with Crippen LogP contribution in [-0.4, -0.2) is 35.1 Å². The minimum Gasteiger partial charge on any atom is -0.480 e. The first-order valence-corrected chi connectivity index (χ1v) is 7.22. The molecule has 0 radical (unpaired) electrons. The van der Waals surface area contributed by atoms with Crippen LogP contribution in [0, 0.1) is 0 Å². The van der Waals surface area contributed by atoms with Gasteiger partial charge in [0.05, 0.1) is 6.54 Å². The lowest BCUT2D eigenvalue weighted by atomic mass is 10.2. The fourth-order valence-corrected chi connectivity index (χ4v) is 2.42. The van der Waals surface area contributed by atoms with Gasteiger partial charge in [-0.05, 0) is 18.2 Å². The maximum atomic E-state index is 11.9. The number of amides is 1. The topological polar surface area (TPSA) is 82.5 Å². The normalized spacial score (nSPS) is 10.1. The zero-order chi connectivity index (χ0) is 15.2. The summed E-state index contributed by atoms with van der Waals surface area (Å²) < 4.78 is 0. The molecule has 6 nitrogen and oxygen atoms in total. The minimum atomic E-state index is -1.03. The highest BCUT2D eigenvalue weighted by Crippen LogP contribution is 2.19. The van der Waals surface area contributed by atoms with Crippen LogP contribution in [0.5, 0.6) is 0 Å². The van der Waals surface area contributed by atoms with Crippen molar-refractivity contribution in [3.63, 3.8) is 0 Å². The number of carboxylic acids is 1. The van der Waals surface area contributed by atoms with Gasteiger partial charge >= 0.3 is 5.97 Å². The summed E-state index contributed by atoms with van der Waals surface area (Å²) in [7, 11) is 0. The highest BCUT2D eigenvalue weighted by Gasteiger charge is 2.15. The van der Waals surface area contributed by atoms with E-state index in [9.17, 15) is 9.59 Å². The first-order valence-electron chi connectivity index (χ1n) is 5.96. The molecule has 0 saturated heterocycles. The second-order valence-corrected chi connectivity index (χ2v) is 5.45. The molecule has 0 fully saturated rings. The van der Waals surface area contributed by atoms with Gasteiger partial charge in [-0.2, -0.15) is 0 Å². The third kappa shape index (κ3) is 4.73. The van der Waals surface area contributed by atoms with E-state index in [4.69, 9.17) is 16.7 Å². The van der Waals surface area contributed by atoms with Crippen molar-refractivity contribution in [3.8, 4) is 0 Å². The molecule has 21 heavy (non-hydrogen) atoms. The zero-order valence-electron chi connectivity index (χ0n) is 10.8. The van der Waals surface area contributed by atoms with Crippen molar-refractivity contribution < 1.29 is 14.7 Å². The van der Waals surface area contributed by atoms with Crippen LogP contribution in [-0.2, 0) is 9.59 Å². The van der Waals surface area contributed by atoms with Crippen LogP contribution in [0.1, 0.15) is 0 Å². The third-order valence-electron chi connectivity index (χ3n) is 2.51. The number of hydrogen-bond donors (Lipinski definition) is 2. The SMILES string of the molecule is O=C(O)CN(CC(=O)Nc1nccs1)c1cccc(Cl)c1. The molecule has 0 spiro atoms. The van der Waals surface area contributed by atoms with Crippen LogP contribution < -0.4 is 10.2 Å². The van der Waals surface area contributed by atoms with Crippen LogP contribution in [0.2, 0.25) is 5.02 Å². The summed E-state index contributed by atoms with van der Waals surface area (Å²) in [5.74, 6) is -1.37. The molecule has 0 bridgehead atoms. The van der Waals surface area contributed by atoms with E-state index in [1.807, 2.05) is 0 Å². The van der Waals surface area contributed by atoms with Crippen LogP contribution in [0.25, 0.3) is 0 Å². The number of carbonyl (C=O) groups excluding carboxylic acids is 1. The highest BCUT2D eigenvalue weighted by molar-refractivity contribution is 7.13. The molecule has 0 aliphatic rings. The Morgan fingerprint density at radius 1 is 1.38 bits per heavy atom. The van der Waals surface area contributed by atoms with E-state index in [1.54, 1.807) is 35.8 Å². The lowest BCUT2D eigenvalue weighted by Crippen LogP contribution is -2.37. The van der Waals surface area contributed by atoms with Gasteiger partial charge < -0.3 is 15.3 Å². The Labute approximate surface area is 130 Å². The van der Waals surface area contributed by atoms with E-state index in [0.29, 0.717) is 15.8 Å². The average molecular weight is 326 g/mol. The monoisotopic (exact) mass is 325 g/mol. The summed E-state index contributed by atoms with van der Waals surface area (Å²) in [6.45, 7) is -0.405. The van der Waals surface area contributed by atoms with E-state index >= 15 is 0 Å². The Kier molecular flexibility index (Phi) is 5.13. The van der Waals surface area contributed by atoms with Crippen molar-refractivity contribution in [2.75, 3.05) is 23.3 Å². The molecule has 0 saturated carbocycles. The molecular formula is C13H12ClN3O3S. The number of anilines is 2. The van der Waals surface area contributed by atoms with Gasteiger partial charge in [0.1, 0.15) is 6.54 Å². The summed E-state index contributed by atoms with van der Waals surface area (Å²) in [5.41, 5.74) is 0.569. The van der Waals surface area contributed by atoms with Crippen molar-refractivity contribution in [1.29, 1.82) is 0 Å². The van der Waals surface area contributed by atoms with Crippen LogP contribution >= 0.6 is 22.9 Å². The summed E-state index contributed by atoms with van der Waals surface area (Å²) in [6, 6.07) is 6.69. The van der Waals surface area contributed by atoms with Crippen molar-refractivity contribution in [2.45, 2.75) is 0 Å². The Balaban J connectivity index is 2.09. The van der Waals surface area contributed by atoms with Gasteiger partial charge in [0.15, 0.2) is 5.13 Å². The fourth-order valence-electron chi connectivity index (χ4n) is 1.69. The quantitative estimate of drug-likeness (QED) is 0.851. The predicted octanol–water partition coefficient (Wildman–Crippen LogP) is 2.33. The lowest BCUT2D eigenvalue weighted by Gasteiger charge is -2.22. The van der Waals surface area contributed by atoms with Crippen molar-refractivity contribution in [3.05, 3.63) is 40.9 Å². The molecule has 1 heterocycles. The Hall–Kier alpha value is -2.12. The van der Waals surface area contributed by atoms with Gasteiger partial charge in [-0.1, -0.05) is 17.7 Å². The first kappa shape index (κ1) is 15.3. The van der Waals surface area contributed by atoms with E-state index in [1.165, 1.54) is 16.2 Å². The lowest BCUT2D eigenvalue weighted by molar-refractivity contribution is -0.135. The smallest absolute Gasteiger partial charge is 0.323 e. The van der Waals surface area contributed by atoms with Crippen molar-refractivity contribution >= 4 is 45.6 Å². The summed E-state index contributed by atoms with van der Waals surface area (Å²) in [5, 5.41) is 14.3. The molecule has 0 aliphatic carbocycles. The molecule has 110 valence electrons. The molecule has 8 heteroatoms. The summed E-state index contributed by atoms with van der Waals surface area (Å²) in [6.07, 6.45) is 1.58. The van der Waals surface area contributed by atoms with E-state index in [2.05, 4.69) is 10.3 Å². The molecule has 2 rings (SSSR count). The number of thiazole rings is 1. The second kappa shape index (κ2) is 7.05. The van der Waals surface area contributed by atoms with Crippen LogP contribution in [0.4, 0.5) is 10.8 Å². The third-order valence-corrected chi connectivity index (χ3v) is 3.44. The Bertz CT molecular complexity index is 633. The molecule has 1 aromatic carbocycles. The average Bonchev–Trinajstić information content (AvgIpc) is 2.90. The molecule has 0 unspecified atom stereocenters. The summed E-state index contributed by atoms with van der Waals surface area (Å²) in [4.78, 5) is 28.3. The number of carbonyl (C=O) groups is 2. The van der Waals surface area contributed by atoms with Gasteiger partial charge in [-0.15, -0.1) is 11.3 Å². The molecule has 2 N–H and O–H groups in total. The van der Waals surface area contributed by atoms with Gasteiger partial charge in [0.2, 0.25) is 5.91 Å². The van der Waals surface area contributed by atoms with Crippen molar-refractivity contribution in [2.24, 2.45) is 0 Å². The molecule has 0 aliphatic heterocycles. The molecule has 1 aromatic heterocycles. The van der Waals surface area contributed by atoms with Gasteiger partial charge in [0.25, 0.3) is 0 Å². The maximum Gasteiger partial charge on any atom is 0.323 e. The molecular weight excluding hydrogens is 314 g/mol. The van der Waals surface area contributed by atoms with Gasteiger partial charge in [0, 0.05) is 22.3 Å². The number of carboxylic acid groups (broad SMARTS) is 1. The van der Waals surface area contributed by atoms with Crippen LogP contribution in [0.3, 0.4) is 0 Å². The minimum absolute atomic E-state index is 0.105. The predicted molar refractivity (Wildman–Crippen MR) is 82.0 cm³/mol. The molecule has 1 amide bonds. The maximum absolute atomic E-state index is 11.9. The number of aliphatic carboxylic acids is 1. The van der Waals surface area contributed by atoms with E-state index in [-0.39, 0.29) is 19.0 Å². The highest BCUT2D eigenvalue weighted by atomic mass is 35.5. The number of benzene rings is 1. The zero-order valence-corrected chi connectivity index (χ0v) is 12.4. The Morgan fingerprint density at radius 3 is 2.81 bits per heavy atom. The van der Waals surface area contributed by atoms with Crippen LogP contribution in [0.15, 0.2) is 35.8 Å². The summed E-state index contributed by atoms with van der Waals surface area (Å²) >= 11 is 7.19. The Morgan fingerprint density at radius 2 is 2.19 bits per heavy atom. The number of nitrogens with zero attached hydrogens (tertiary/aromatic N) is 2. The molecule has 0 atom stereocenters. The standard InChI is InChI=1S/C13H12ClN3O3S/c14-9-2-1-3-10(6-9)17(8-12(19)20)7-11(18)16-13-15-4-5-21-13/h1-6H,7-8H2,(H,19,20)(H,15,16,18). The number of hydrogen-bond acceptors (Lipinski definition) is 5. The number of nitrogens with one attached hydrogen (secondary N) is 1. The van der Waals surface area contributed by atoms with E-state index in [0.717, 1.165) is 0 Å². The number of rotatable bonds is 6. The van der Waals surface area contributed by atoms with E-state index < -0.39 is 5.97 Å². The second-order valence-electron chi connectivity index (χ2n) is 4.12. The number of halogens is 1. The van der Waals surface area contributed by atoms with Gasteiger partial charge in [-0.25, -0.2) is 4.98 Å². The van der Waals surface area contributed by atoms with Crippen molar-refractivity contribution in [1.82, 2.24) is 4.98 Å². The van der Waals surface area contributed by atoms with Gasteiger partial charge in [-0.3, -0.25) is 9.59 Å². The fraction of sp³-hybridized carbons (Fsp3) is 0.154. The molecule has 2 aromatic rings. The first-order chi connectivity index (χ1) is 10.0. The largest absolute Gasteiger partial charge is 0.480 e. The number of aromatic nitrogens is 1.